The van der Waals surface area contributed by atoms with Crippen LogP contribution in [0.15, 0.2) is 0 Å². The van der Waals surface area contributed by atoms with Crippen LogP contribution in [0, 0.1) is 0 Å². The van der Waals surface area contributed by atoms with E-state index in [0.717, 1.165) is 31.2 Å². The van der Waals surface area contributed by atoms with E-state index >= 15 is 0 Å². The minimum atomic E-state index is 0.855. The SMILES string of the molecule is CN(C)Cc1nc(CN(C)C)c(CN(C)C)[nH]1. The number of rotatable bonds is 6. The van der Waals surface area contributed by atoms with E-state index in [1.54, 1.807) is 0 Å². The fourth-order valence-electron chi connectivity index (χ4n) is 1.76. The number of nitrogens with zero attached hydrogens (tertiary/aromatic N) is 4. The van der Waals surface area contributed by atoms with Gasteiger partial charge in [-0.25, -0.2) is 4.98 Å². The molecule has 0 atom stereocenters. The maximum atomic E-state index is 4.68. The Balaban J connectivity index is 2.86. The van der Waals surface area contributed by atoms with Crippen LogP contribution >= 0.6 is 0 Å². The highest BCUT2D eigenvalue weighted by Gasteiger charge is 2.12. The van der Waals surface area contributed by atoms with Crippen LogP contribution in [0.1, 0.15) is 17.2 Å². The zero-order chi connectivity index (χ0) is 13.0. The molecule has 1 aromatic rings. The summed E-state index contributed by atoms with van der Waals surface area (Å²) in [5.74, 6) is 1.05. The summed E-state index contributed by atoms with van der Waals surface area (Å²) >= 11 is 0. The van der Waals surface area contributed by atoms with Crippen molar-refractivity contribution in [2.45, 2.75) is 19.6 Å². The number of hydrogen-bond acceptors (Lipinski definition) is 4. The number of H-pyrrole nitrogens is 1. The van der Waals surface area contributed by atoms with Gasteiger partial charge >= 0.3 is 0 Å². The lowest BCUT2D eigenvalue weighted by Crippen LogP contribution is -2.16. The quantitative estimate of drug-likeness (QED) is 0.789. The average Bonchev–Trinajstić information content (AvgIpc) is 2.44. The van der Waals surface area contributed by atoms with Crippen LogP contribution in [0.4, 0.5) is 0 Å². The van der Waals surface area contributed by atoms with Crippen molar-refractivity contribution in [3.63, 3.8) is 0 Å². The molecule has 0 saturated heterocycles. The van der Waals surface area contributed by atoms with Gasteiger partial charge in [-0.15, -0.1) is 0 Å². The highest BCUT2D eigenvalue weighted by atomic mass is 15.1. The Morgan fingerprint density at radius 1 is 0.824 bits per heavy atom. The van der Waals surface area contributed by atoms with Crippen LogP contribution in [0.25, 0.3) is 0 Å². The first-order valence-electron chi connectivity index (χ1n) is 5.89. The molecule has 0 spiro atoms. The predicted molar refractivity (Wildman–Crippen MR) is 70.8 cm³/mol. The largest absolute Gasteiger partial charge is 0.343 e. The van der Waals surface area contributed by atoms with Gasteiger partial charge in [0.25, 0.3) is 0 Å². The topological polar surface area (TPSA) is 38.4 Å². The Labute approximate surface area is 104 Å². The van der Waals surface area contributed by atoms with E-state index in [1.807, 2.05) is 0 Å². The molecule has 0 radical (unpaired) electrons. The maximum Gasteiger partial charge on any atom is 0.120 e. The lowest BCUT2D eigenvalue weighted by atomic mass is 10.3. The third-order valence-corrected chi connectivity index (χ3v) is 2.32. The molecular weight excluding hydrogens is 214 g/mol. The highest BCUT2D eigenvalue weighted by Crippen LogP contribution is 2.11. The first-order chi connectivity index (χ1) is 7.88. The van der Waals surface area contributed by atoms with Gasteiger partial charge in [0, 0.05) is 13.1 Å². The van der Waals surface area contributed by atoms with Gasteiger partial charge in [0.1, 0.15) is 5.82 Å². The maximum absolute atomic E-state index is 4.68. The molecule has 0 saturated carbocycles. The molecule has 98 valence electrons. The summed E-state index contributed by atoms with van der Waals surface area (Å²) in [7, 11) is 12.4. The number of imidazole rings is 1. The van der Waals surface area contributed by atoms with E-state index in [0.29, 0.717) is 0 Å². The molecule has 0 aliphatic carbocycles. The van der Waals surface area contributed by atoms with Crippen LogP contribution in [0.5, 0.6) is 0 Å². The van der Waals surface area contributed by atoms with Crippen molar-refractivity contribution in [2.24, 2.45) is 0 Å². The standard InChI is InChI=1S/C12H25N5/c1-15(2)7-10-11(8-16(3)4)14-12(13-10)9-17(5)6/h7-9H2,1-6H3,(H,13,14). The van der Waals surface area contributed by atoms with E-state index in [2.05, 4.69) is 67.0 Å². The molecule has 1 N–H and O–H groups in total. The van der Waals surface area contributed by atoms with E-state index in [9.17, 15) is 0 Å². The average molecular weight is 239 g/mol. The molecule has 1 aromatic heterocycles. The molecule has 17 heavy (non-hydrogen) atoms. The van der Waals surface area contributed by atoms with Crippen LogP contribution in [0.3, 0.4) is 0 Å². The van der Waals surface area contributed by atoms with Crippen molar-refractivity contribution in [3.8, 4) is 0 Å². The zero-order valence-electron chi connectivity index (χ0n) is 11.9. The summed E-state index contributed by atoms with van der Waals surface area (Å²) in [4.78, 5) is 14.5. The van der Waals surface area contributed by atoms with E-state index < -0.39 is 0 Å². The third kappa shape index (κ3) is 4.85. The molecule has 0 amide bonds. The first kappa shape index (κ1) is 14.2. The van der Waals surface area contributed by atoms with Gasteiger partial charge in [-0.2, -0.15) is 0 Å². The summed E-state index contributed by atoms with van der Waals surface area (Å²) in [6, 6.07) is 0. The Hall–Kier alpha value is -0.910. The molecule has 0 aromatic carbocycles. The van der Waals surface area contributed by atoms with Crippen molar-refractivity contribution in [1.82, 2.24) is 24.7 Å². The fourth-order valence-corrected chi connectivity index (χ4v) is 1.76. The number of aromatic amines is 1. The van der Waals surface area contributed by atoms with Gasteiger partial charge in [-0.05, 0) is 42.3 Å². The molecule has 0 aliphatic heterocycles. The smallest absolute Gasteiger partial charge is 0.120 e. The highest BCUT2D eigenvalue weighted by molar-refractivity contribution is 5.15. The van der Waals surface area contributed by atoms with E-state index in [4.69, 9.17) is 0 Å². The van der Waals surface area contributed by atoms with Crippen LogP contribution in [0.2, 0.25) is 0 Å². The molecule has 0 unspecified atom stereocenters. The third-order valence-electron chi connectivity index (χ3n) is 2.32. The van der Waals surface area contributed by atoms with Crippen LogP contribution in [-0.4, -0.2) is 67.0 Å². The zero-order valence-corrected chi connectivity index (χ0v) is 11.9. The Morgan fingerprint density at radius 2 is 1.35 bits per heavy atom. The summed E-state index contributed by atoms with van der Waals surface area (Å²) in [5.41, 5.74) is 2.38. The van der Waals surface area contributed by atoms with Crippen molar-refractivity contribution in [1.29, 1.82) is 0 Å². The molecule has 1 heterocycles. The van der Waals surface area contributed by atoms with Crippen LogP contribution < -0.4 is 0 Å². The molecule has 0 bridgehead atoms. The van der Waals surface area contributed by atoms with Gasteiger partial charge in [-0.3, -0.25) is 0 Å². The Kier molecular flexibility index (Phi) is 5.11. The summed E-state index contributed by atoms with van der Waals surface area (Å²) < 4.78 is 0. The lowest BCUT2D eigenvalue weighted by Gasteiger charge is -2.12. The molecule has 0 fully saturated rings. The van der Waals surface area contributed by atoms with Gasteiger partial charge in [0.2, 0.25) is 0 Å². The molecule has 1 rings (SSSR count). The van der Waals surface area contributed by atoms with Crippen molar-refractivity contribution in [2.75, 3.05) is 42.3 Å². The minimum absolute atomic E-state index is 0.855. The van der Waals surface area contributed by atoms with Gasteiger partial charge in [-0.1, -0.05) is 0 Å². The van der Waals surface area contributed by atoms with E-state index in [1.165, 1.54) is 5.69 Å². The number of aromatic nitrogens is 2. The molecule has 5 heteroatoms. The Bertz CT molecular complexity index is 313. The number of nitrogens with one attached hydrogen (secondary N) is 1. The van der Waals surface area contributed by atoms with E-state index in [-0.39, 0.29) is 0 Å². The number of hydrogen-bond donors (Lipinski definition) is 1. The summed E-state index contributed by atoms with van der Waals surface area (Å²) in [5, 5.41) is 0. The second-order valence-electron chi connectivity index (χ2n) is 5.32. The van der Waals surface area contributed by atoms with Gasteiger partial charge in [0.05, 0.1) is 17.9 Å². The van der Waals surface area contributed by atoms with Crippen LogP contribution in [-0.2, 0) is 19.6 Å². The van der Waals surface area contributed by atoms with Crippen molar-refractivity contribution in [3.05, 3.63) is 17.2 Å². The normalized spacial score (nSPS) is 12.1. The molecular formula is C12H25N5. The minimum Gasteiger partial charge on any atom is -0.343 e. The Morgan fingerprint density at radius 3 is 1.82 bits per heavy atom. The van der Waals surface area contributed by atoms with Gasteiger partial charge < -0.3 is 19.7 Å². The van der Waals surface area contributed by atoms with Crippen molar-refractivity contribution < 1.29 is 0 Å². The van der Waals surface area contributed by atoms with Gasteiger partial charge in [0.15, 0.2) is 0 Å². The molecule has 0 aliphatic rings. The monoisotopic (exact) mass is 239 g/mol. The first-order valence-corrected chi connectivity index (χ1v) is 5.89. The summed E-state index contributed by atoms with van der Waals surface area (Å²) in [6.07, 6.45) is 0. The lowest BCUT2D eigenvalue weighted by molar-refractivity contribution is 0.375. The summed E-state index contributed by atoms with van der Waals surface area (Å²) in [6.45, 7) is 2.64. The second kappa shape index (κ2) is 6.14. The molecule has 5 nitrogen and oxygen atoms in total. The predicted octanol–water partition coefficient (Wildman–Crippen LogP) is 0.595. The fraction of sp³-hybridized carbons (Fsp3) is 0.750. The van der Waals surface area contributed by atoms with Crippen molar-refractivity contribution >= 4 is 0 Å². The second-order valence-corrected chi connectivity index (χ2v) is 5.32.